The number of hydrogen-bond donors (Lipinski definition) is 2. The smallest absolute Gasteiger partial charge is 0.256 e. The van der Waals surface area contributed by atoms with Gasteiger partial charge in [0.15, 0.2) is 0 Å². The molecule has 3 rings (SSSR count). The van der Waals surface area contributed by atoms with Gasteiger partial charge in [-0.15, -0.1) is 0 Å². The molecule has 78 valence electrons. The first-order valence-electron chi connectivity index (χ1n) is 5.06. The predicted molar refractivity (Wildman–Crippen MR) is 66.5 cm³/mol. The first-order chi connectivity index (χ1) is 7.75. The highest BCUT2D eigenvalue weighted by molar-refractivity contribution is 6.06. The maximum Gasteiger partial charge on any atom is 0.256 e. The molecule has 0 unspecified atom stereocenters. The number of aromatic nitrogens is 1. The molecule has 1 heterocycles. The standard InChI is InChI=1S/C13H10N2O/c14-8-5-6-12-11(7-8)9-3-1-2-4-10(9)13(16)15-12/h1-7H,14H2,(H,15,16). The highest BCUT2D eigenvalue weighted by atomic mass is 16.1. The Morgan fingerprint density at radius 3 is 2.50 bits per heavy atom. The molecule has 0 atom stereocenters. The van der Waals surface area contributed by atoms with Gasteiger partial charge in [-0.25, -0.2) is 0 Å². The number of anilines is 1. The van der Waals surface area contributed by atoms with Gasteiger partial charge in [-0.2, -0.15) is 0 Å². The minimum absolute atomic E-state index is 0.0622. The van der Waals surface area contributed by atoms with Crippen LogP contribution in [-0.2, 0) is 0 Å². The summed E-state index contributed by atoms with van der Waals surface area (Å²) in [7, 11) is 0. The zero-order chi connectivity index (χ0) is 11.1. The quantitative estimate of drug-likeness (QED) is 0.441. The molecular weight excluding hydrogens is 200 g/mol. The molecular formula is C13H10N2O. The van der Waals surface area contributed by atoms with Crippen LogP contribution in [0.1, 0.15) is 0 Å². The minimum atomic E-state index is -0.0622. The second kappa shape index (κ2) is 3.10. The highest BCUT2D eigenvalue weighted by Crippen LogP contribution is 2.22. The highest BCUT2D eigenvalue weighted by Gasteiger charge is 2.03. The molecule has 0 saturated heterocycles. The first-order valence-corrected chi connectivity index (χ1v) is 5.06. The van der Waals surface area contributed by atoms with Crippen molar-refractivity contribution in [2.24, 2.45) is 0 Å². The molecule has 16 heavy (non-hydrogen) atoms. The fourth-order valence-corrected chi connectivity index (χ4v) is 2.00. The fourth-order valence-electron chi connectivity index (χ4n) is 2.00. The summed E-state index contributed by atoms with van der Waals surface area (Å²) in [4.78, 5) is 14.6. The van der Waals surface area contributed by atoms with Gasteiger partial charge in [0.25, 0.3) is 5.56 Å². The van der Waals surface area contributed by atoms with Crippen LogP contribution in [0.3, 0.4) is 0 Å². The van der Waals surface area contributed by atoms with Gasteiger partial charge in [0.1, 0.15) is 0 Å². The number of nitrogen functional groups attached to an aromatic ring is 1. The van der Waals surface area contributed by atoms with Gasteiger partial charge in [-0.1, -0.05) is 18.2 Å². The van der Waals surface area contributed by atoms with Gasteiger partial charge in [0.05, 0.1) is 0 Å². The maximum atomic E-state index is 11.8. The lowest BCUT2D eigenvalue weighted by Crippen LogP contribution is -2.06. The average Bonchev–Trinajstić information content (AvgIpc) is 2.31. The summed E-state index contributed by atoms with van der Waals surface area (Å²) < 4.78 is 0. The number of rotatable bonds is 0. The van der Waals surface area contributed by atoms with Crippen LogP contribution in [0.2, 0.25) is 0 Å². The molecule has 0 fully saturated rings. The number of pyridine rings is 1. The van der Waals surface area contributed by atoms with Crippen LogP contribution in [0.5, 0.6) is 0 Å². The van der Waals surface area contributed by atoms with Gasteiger partial charge >= 0.3 is 0 Å². The molecule has 3 N–H and O–H groups in total. The van der Waals surface area contributed by atoms with Crippen LogP contribution in [0.25, 0.3) is 21.7 Å². The Hall–Kier alpha value is -2.29. The van der Waals surface area contributed by atoms with Gasteiger partial charge < -0.3 is 10.7 Å². The predicted octanol–water partition coefficient (Wildman–Crippen LogP) is 2.26. The van der Waals surface area contributed by atoms with E-state index in [4.69, 9.17) is 5.73 Å². The zero-order valence-corrected chi connectivity index (χ0v) is 8.53. The van der Waals surface area contributed by atoms with E-state index >= 15 is 0 Å². The molecule has 0 radical (unpaired) electrons. The summed E-state index contributed by atoms with van der Waals surface area (Å²) in [5.41, 5.74) is 7.22. The van der Waals surface area contributed by atoms with Gasteiger partial charge in [-0.3, -0.25) is 4.79 Å². The van der Waals surface area contributed by atoms with Crippen molar-refractivity contribution in [3.63, 3.8) is 0 Å². The lowest BCUT2D eigenvalue weighted by molar-refractivity contribution is 1.34. The van der Waals surface area contributed by atoms with Gasteiger partial charge in [-0.05, 0) is 29.7 Å². The number of nitrogens with two attached hydrogens (primary N) is 1. The van der Waals surface area contributed by atoms with E-state index in [-0.39, 0.29) is 5.56 Å². The average molecular weight is 210 g/mol. The summed E-state index contributed by atoms with van der Waals surface area (Å²) in [6.45, 7) is 0. The second-order valence-corrected chi connectivity index (χ2v) is 3.80. The van der Waals surface area contributed by atoms with E-state index in [1.54, 1.807) is 6.07 Å². The molecule has 0 aliphatic rings. The molecule has 3 nitrogen and oxygen atoms in total. The molecule has 0 spiro atoms. The molecule has 0 saturated carbocycles. The zero-order valence-electron chi connectivity index (χ0n) is 8.53. The van der Waals surface area contributed by atoms with E-state index in [0.29, 0.717) is 11.1 Å². The lowest BCUT2D eigenvalue weighted by Gasteiger charge is -2.03. The van der Waals surface area contributed by atoms with E-state index in [1.807, 2.05) is 36.4 Å². The molecule has 3 aromatic rings. The fraction of sp³-hybridized carbons (Fsp3) is 0. The molecule has 0 amide bonds. The number of hydrogen-bond acceptors (Lipinski definition) is 2. The van der Waals surface area contributed by atoms with Crippen molar-refractivity contribution < 1.29 is 0 Å². The van der Waals surface area contributed by atoms with Gasteiger partial charge in [0.2, 0.25) is 0 Å². The number of aromatic amines is 1. The van der Waals surface area contributed by atoms with Crippen molar-refractivity contribution in [1.82, 2.24) is 4.98 Å². The molecule has 2 aromatic carbocycles. The summed E-state index contributed by atoms with van der Waals surface area (Å²) in [6, 6.07) is 13.0. The van der Waals surface area contributed by atoms with E-state index in [9.17, 15) is 4.79 Å². The molecule has 0 bridgehead atoms. The Balaban J connectivity index is 2.66. The van der Waals surface area contributed by atoms with Crippen LogP contribution < -0.4 is 11.3 Å². The number of benzene rings is 2. The third-order valence-corrected chi connectivity index (χ3v) is 2.75. The van der Waals surface area contributed by atoms with Crippen molar-refractivity contribution >= 4 is 27.4 Å². The number of H-pyrrole nitrogens is 1. The van der Waals surface area contributed by atoms with Gasteiger partial charge in [0, 0.05) is 22.0 Å². The summed E-state index contributed by atoms with van der Waals surface area (Å²) in [6.07, 6.45) is 0. The van der Waals surface area contributed by atoms with E-state index < -0.39 is 0 Å². The third-order valence-electron chi connectivity index (χ3n) is 2.75. The van der Waals surface area contributed by atoms with E-state index in [1.165, 1.54) is 0 Å². The van der Waals surface area contributed by atoms with Crippen molar-refractivity contribution in [1.29, 1.82) is 0 Å². The minimum Gasteiger partial charge on any atom is -0.399 e. The normalized spacial score (nSPS) is 11.0. The molecule has 1 aromatic heterocycles. The van der Waals surface area contributed by atoms with Crippen LogP contribution in [0, 0.1) is 0 Å². The SMILES string of the molecule is Nc1ccc2[nH]c(=O)c3ccccc3c2c1. The Labute approximate surface area is 91.5 Å². The Bertz CT molecular complexity index is 744. The summed E-state index contributed by atoms with van der Waals surface area (Å²) >= 11 is 0. The Morgan fingerprint density at radius 1 is 0.938 bits per heavy atom. The van der Waals surface area contributed by atoms with E-state index in [2.05, 4.69) is 4.98 Å². The Kier molecular flexibility index (Phi) is 1.74. The van der Waals surface area contributed by atoms with Crippen molar-refractivity contribution in [3.05, 3.63) is 52.8 Å². The third kappa shape index (κ3) is 1.18. The summed E-state index contributed by atoms with van der Waals surface area (Å²) in [5.74, 6) is 0. The number of nitrogens with one attached hydrogen (secondary N) is 1. The van der Waals surface area contributed by atoms with Crippen LogP contribution >= 0.6 is 0 Å². The molecule has 0 aliphatic carbocycles. The molecule has 3 heteroatoms. The summed E-state index contributed by atoms with van der Waals surface area (Å²) in [5, 5.41) is 2.62. The monoisotopic (exact) mass is 210 g/mol. The van der Waals surface area contributed by atoms with Crippen LogP contribution in [0.4, 0.5) is 5.69 Å². The lowest BCUT2D eigenvalue weighted by atomic mass is 10.1. The second-order valence-electron chi connectivity index (χ2n) is 3.80. The van der Waals surface area contributed by atoms with Crippen molar-refractivity contribution in [3.8, 4) is 0 Å². The maximum absolute atomic E-state index is 11.8. The van der Waals surface area contributed by atoms with Crippen molar-refractivity contribution in [2.45, 2.75) is 0 Å². The number of fused-ring (bicyclic) bond motifs is 3. The Morgan fingerprint density at radius 2 is 1.69 bits per heavy atom. The largest absolute Gasteiger partial charge is 0.399 e. The van der Waals surface area contributed by atoms with Crippen LogP contribution in [0.15, 0.2) is 47.3 Å². The van der Waals surface area contributed by atoms with E-state index in [0.717, 1.165) is 16.3 Å². The van der Waals surface area contributed by atoms with Crippen molar-refractivity contribution in [2.75, 3.05) is 5.73 Å². The molecule has 0 aliphatic heterocycles. The van der Waals surface area contributed by atoms with Crippen LogP contribution in [-0.4, -0.2) is 4.98 Å². The first kappa shape index (κ1) is 8.97. The topological polar surface area (TPSA) is 58.9 Å².